The van der Waals surface area contributed by atoms with Crippen molar-refractivity contribution in [1.82, 2.24) is 4.90 Å². The summed E-state index contributed by atoms with van der Waals surface area (Å²) in [6, 6.07) is 1.14. The van der Waals surface area contributed by atoms with E-state index in [1.165, 1.54) is 0 Å². The van der Waals surface area contributed by atoms with Crippen LogP contribution in [0.1, 0.15) is 46.5 Å². The molecule has 0 spiro atoms. The lowest BCUT2D eigenvalue weighted by Crippen LogP contribution is -2.52. The molecule has 0 aromatic rings. The first-order chi connectivity index (χ1) is 12.1. The molecular weight excluding hydrogens is 338 g/mol. The predicted octanol–water partition coefficient (Wildman–Crippen LogP) is 2.29. The zero-order valence-electron chi connectivity index (χ0n) is 16.2. The van der Waals surface area contributed by atoms with Gasteiger partial charge in [-0.15, -0.1) is 0 Å². The van der Waals surface area contributed by atoms with Crippen LogP contribution in [-0.2, 0) is 18.0 Å². The van der Waals surface area contributed by atoms with E-state index < -0.39 is 8.80 Å². The molecule has 2 fully saturated rings. The van der Waals surface area contributed by atoms with Gasteiger partial charge in [0.2, 0.25) is 0 Å². The molecule has 2 unspecified atom stereocenters. The minimum Gasteiger partial charge on any atom is -0.391 e. The molecule has 1 aliphatic carbocycles. The van der Waals surface area contributed by atoms with E-state index in [-0.39, 0.29) is 12.1 Å². The third kappa shape index (κ3) is 6.27. The summed E-state index contributed by atoms with van der Waals surface area (Å²) in [5, 5.41) is 10.5. The van der Waals surface area contributed by atoms with Gasteiger partial charge < -0.3 is 23.1 Å². The Bertz CT molecular complexity index is 350. The molecule has 25 heavy (non-hydrogen) atoms. The fourth-order valence-electron chi connectivity index (χ4n) is 4.16. The molecule has 0 aromatic heterocycles. The number of morpholine rings is 1. The monoisotopic (exact) mass is 375 g/mol. The van der Waals surface area contributed by atoms with E-state index in [1.807, 2.05) is 20.8 Å². The number of nitrogens with zero attached hydrogens (tertiary/aromatic N) is 1. The van der Waals surface area contributed by atoms with Crippen molar-refractivity contribution < 1.29 is 23.1 Å². The van der Waals surface area contributed by atoms with Crippen LogP contribution in [0, 0.1) is 5.92 Å². The fraction of sp³-hybridized carbons (Fsp3) is 1.00. The number of aliphatic hydroxyl groups excluding tert-OH is 1. The van der Waals surface area contributed by atoms with Crippen molar-refractivity contribution in [2.75, 3.05) is 46.1 Å². The Morgan fingerprint density at radius 3 is 2.16 bits per heavy atom. The number of hydrogen-bond donors (Lipinski definition) is 1. The number of hydrogen-bond acceptors (Lipinski definition) is 6. The Labute approximate surface area is 154 Å². The second-order valence-electron chi connectivity index (χ2n) is 6.98. The van der Waals surface area contributed by atoms with Gasteiger partial charge in [-0.1, -0.05) is 0 Å². The quantitative estimate of drug-likeness (QED) is 0.591. The highest BCUT2D eigenvalue weighted by Crippen LogP contribution is 2.33. The summed E-state index contributed by atoms with van der Waals surface area (Å²) in [5.74, 6) is 0.601. The van der Waals surface area contributed by atoms with Crippen molar-refractivity contribution in [1.29, 1.82) is 0 Å². The molecule has 2 aliphatic rings. The fourth-order valence-corrected chi connectivity index (χ4v) is 6.93. The smallest absolute Gasteiger partial charge is 0.391 e. The minimum absolute atomic E-state index is 0.206. The summed E-state index contributed by atoms with van der Waals surface area (Å²) in [4.78, 5) is 2.42. The maximum atomic E-state index is 10.5. The Hall–Kier alpha value is -0.0231. The van der Waals surface area contributed by atoms with E-state index in [0.717, 1.165) is 58.0 Å². The Balaban J connectivity index is 1.91. The standard InChI is InChI=1S/C18H37NO5Si/c1-4-22-25(23-5-2,24-6-3)14-9-16-7-8-18(20)17(15-16)19-10-12-21-13-11-19/h16-18,20H,4-15H2,1-3H3/t16-,17?,18?/m1/s1. The van der Waals surface area contributed by atoms with E-state index >= 15 is 0 Å². The van der Waals surface area contributed by atoms with Gasteiger partial charge in [0.15, 0.2) is 0 Å². The van der Waals surface area contributed by atoms with Crippen LogP contribution in [-0.4, -0.2) is 77.1 Å². The molecule has 1 saturated heterocycles. The summed E-state index contributed by atoms with van der Waals surface area (Å²) in [6.07, 6.45) is 3.87. The molecule has 1 saturated carbocycles. The number of rotatable bonds is 10. The van der Waals surface area contributed by atoms with Crippen LogP contribution in [0.25, 0.3) is 0 Å². The highest BCUT2D eigenvalue weighted by molar-refractivity contribution is 6.60. The van der Waals surface area contributed by atoms with Crippen molar-refractivity contribution >= 4 is 8.80 Å². The molecule has 148 valence electrons. The van der Waals surface area contributed by atoms with E-state index in [0.29, 0.717) is 25.7 Å². The van der Waals surface area contributed by atoms with Crippen LogP contribution in [0.3, 0.4) is 0 Å². The van der Waals surface area contributed by atoms with E-state index in [1.54, 1.807) is 0 Å². The van der Waals surface area contributed by atoms with E-state index in [2.05, 4.69) is 4.90 Å². The molecule has 7 heteroatoms. The summed E-state index contributed by atoms with van der Waals surface area (Å²) >= 11 is 0. The van der Waals surface area contributed by atoms with Crippen molar-refractivity contribution in [3.8, 4) is 0 Å². The zero-order chi connectivity index (χ0) is 18.1. The molecule has 0 radical (unpaired) electrons. The van der Waals surface area contributed by atoms with Crippen molar-refractivity contribution in [2.45, 2.75) is 64.6 Å². The van der Waals surface area contributed by atoms with Gasteiger partial charge in [0.1, 0.15) is 0 Å². The summed E-state index contributed by atoms with van der Waals surface area (Å²) < 4.78 is 23.4. The molecule has 0 bridgehead atoms. The van der Waals surface area contributed by atoms with Gasteiger partial charge in [-0.3, -0.25) is 4.90 Å². The average molecular weight is 376 g/mol. The molecule has 0 amide bonds. The van der Waals surface area contributed by atoms with Crippen LogP contribution in [0.5, 0.6) is 0 Å². The second kappa shape index (κ2) is 11.0. The maximum absolute atomic E-state index is 10.5. The van der Waals surface area contributed by atoms with Crippen molar-refractivity contribution in [3.63, 3.8) is 0 Å². The predicted molar refractivity (Wildman–Crippen MR) is 99.6 cm³/mol. The first-order valence-electron chi connectivity index (χ1n) is 10.1. The lowest BCUT2D eigenvalue weighted by molar-refractivity contribution is -0.0457. The van der Waals surface area contributed by atoms with Crippen LogP contribution >= 0.6 is 0 Å². The van der Waals surface area contributed by atoms with Gasteiger partial charge in [0.05, 0.1) is 19.3 Å². The SMILES string of the molecule is CCO[Si](CC[C@H]1CCC(O)C(N2CCOCC2)C1)(OCC)OCC. The molecule has 6 nitrogen and oxygen atoms in total. The highest BCUT2D eigenvalue weighted by atomic mass is 28.4. The third-order valence-electron chi connectivity index (χ3n) is 5.36. The zero-order valence-corrected chi connectivity index (χ0v) is 17.2. The van der Waals surface area contributed by atoms with Gasteiger partial charge in [0, 0.05) is 45.0 Å². The summed E-state index contributed by atoms with van der Waals surface area (Å²) in [6.45, 7) is 11.3. The molecule has 3 atom stereocenters. The lowest BCUT2D eigenvalue weighted by Gasteiger charge is -2.42. The number of ether oxygens (including phenoxy) is 1. The number of aliphatic hydroxyl groups is 1. The van der Waals surface area contributed by atoms with Gasteiger partial charge in [-0.05, 0) is 52.4 Å². The third-order valence-corrected chi connectivity index (χ3v) is 8.44. The van der Waals surface area contributed by atoms with Gasteiger partial charge >= 0.3 is 8.80 Å². The van der Waals surface area contributed by atoms with Crippen LogP contribution < -0.4 is 0 Å². The molecular formula is C18H37NO5Si. The average Bonchev–Trinajstić information content (AvgIpc) is 2.62. The maximum Gasteiger partial charge on any atom is 0.500 e. The van der Waals surface area contributed by atoms with Crippen LogP contribution in [0.15, 0.2) is 0 Å². The minimum atomic E-state index is -2.55. The van der Waals surface area contributed by atoms with Crippen LogP contribution in [0.4, 0.5) is 0 Å². The lowest BCUT2D eigenvalue weighted by atomic mass is 9.81. The molecule has 1 N–H and O–H groups in total. The van der Waals surface area contributed by atoms with E-state index in [4.69, 9.17) is 18.0 Å². The largest absolute Gasteiger partial charge is 0.500 e. The molecule has 2 rings (SSSR count). The van der Waals surface area contributed by atoms with Gasteiger partial charge in [0.25, 0.3) is 0 Å². The van der Waals surface area contributed by atoms with Crippen molar-refractivity contribution in [2.24, 2.45) is 5.92 Å². The topological polar surface area (TPSA) is 60.4 Å². The second-order valence-corrected chi connectivity index (χ2v) is 9.71. The summed E-state index contributed by atoms with van der Waals surface area (Å²) in [7, 11) is -2.55. The normalized spacial score (nSPS) is 29.0. The Morgan fingerprint density at radius 1 is 1.00 bits per heavy atom. The van der Waals surface area contributed by atoms with Crippen LogP contribution in [0.2, 0.25) is 6.04 Å². The van der Waals surface area contributed by atoms with Gasteiger partial charge in [-0.25, -0.2) is 0 Å². The van der Waals surface area contributed by atoms with E-state index in [9.17, 15) is 5.11 Å². The Kier molecular flexibility index (Phi) is 9.33. The first kappa shape index (κ1) is 21.3. The Morgan fingerprint density at radius 2 is 1.60 bits per heavy atom. The molecule has 1 aliphatic heterocycles. The summed E-state index contributed by atoms with van der Waals surface area (Å²) in [5.41, 5.74) is 0. The van der Waals surface area contributed by atoms with Crippen molar-refractivity contribution in [3.05, 3.63) is 0 Å². The highest BCUT2D eigenvalue weighted by Gasteiger charge is 2.42. The molecule has 1 heterocycles. The molecule has 0 aromatic carbocycles. The first-order valence-corrected chi connectivity index (χ1v) is 12.0. The van der Waals surface area contributed by atoms with Gasteiger partial charge in [-0.2, -0.15) is 0 Å².